The van der Waals surface area contributed by atoms with E-state index in [1.54, 1.807) is 24.5 Å². The van der Waals surface area contributed by atoms with E-state index in [0.717, 1.165) is 44.0 Å². The van der Waals surface area contributed by atoms with Crippen LogP contribution in [-0.4, -0.2) is 37.8 Å². The van der Waals surface area contributed by atoms with Gasteiger partial charge in [0.2, 0.25) is 0 Å². The smallest absolute Gasteiger partial charge is 0.191 e. The van der Waals surface area contributed by atoms with Crippen LogP contribution in [0.3, 0.4) is 0 Å². The largest absolute Gasteiger partial charge is 0.504 e. The number of phenols is 1. The molecule has 0 radical (unpaired) electrons. The average molecular weight is 347 g/mol. The first kappa shape index (κ1) is 18.1. The quantitative estimate of drug-likeness (QED) is 0.507. The minimum Gasteiger partial charge on any atom is -0.504 e. The number of rotatable bonds is 8. The number of hydrogen-bond acceptors (Lipinski definition) is 4. The van der Waals surface area contributed by atoms with Crippen molar-refractivity contribution in [1.82, 2.24) is 10.6 Å². The maximum atomic E-state index is 9.63. The van der Waals surface area contributed by atoms with Gasteiger partial charge in [-0.3, -0.25) is 4.99 Å². The van der Waals surface area contributed by atoms with Crippen molar-refractivity contribution in [1.29, 1.82) is 0 Å². The first-order valence-electron chi connectivity index (χ1n) is 8.13. The number of thiophene rings is 1. The van der Waals surface area contributed by atoms with Gasteiger partial charge in [-0.1, -0.05) is 12.1 Å². The molecule has 0 fully saturated rings. The molecule has 0 atom stereocenters. The number of nitrogens with zero attached hydrogens (tertiary/aromatic N) is 1. The zero-order chi connectivity index (χ0) is 17.2. The van der Waals surface area contributed by atoms with E-state index in [9.17, 15) is 5.11 Å². The molecule has 0 aliphatic heterocycles. The summed E-state index contributed by atoms with van der Waals surface area (Å²) in [4.78, 5) is 5.96. The highest BCUT2D eigenvalue weighted by molar-refractivity contribution is 7.09. The predicted octanol–water partition coefficient (Wildman–Crippen LogP) is 2.80. The summed E-state index contributed by atoms with van der Waals surface area (Å²) in [5.41, 5.74) is 1.10. The van der Waals surface area contributed by atoms with Gasteiger partial charge in [-0.05, 0) is 42.5 Å². The molecule has 0 spiro atoms. The third kappa shape index (κ3) is 5.77. The van der Waals surface area contributed by atoms with Crippen molar-refractivity contribution >= 4 is 17.3 Å². The monoisotopic (exact) mass is 347 g/mol. The molecule has 3 N–H and O–H groups in total. The third-order valence-corrected chi connectivity index (χ3v) is 4.44. The van der Waals surface area contributed by atoms with Crippen molar-refractivity contribution in [2.45, 2.75) is 19.8 Å². The number of methoxy groups -OCH3 is 1. The maximum Gasteiger partial charge on any atom is 0.191 e. The van der Waals surface area contributed by atoms with Crippen LogP contribution in [0, 0.1) is 0 Å². The molecule has 2 rings (SSSR count). The molecule has 1 heterocycles. The molecule has 0 amide bonds. The number of ether oxygens (including phenoxy) is 1. The lowest BCUT2D eigenvalue weighted by Crippen LogP contribution is -2.38. The van der Waals surface area contributed by atoms with Gasteiger partial charge in [-0.2, -0.15) is 0 Å². The molecular formula is C18H25N3O2S. The number of hydrogen-bond donors (Lipinski definition) is 3. The molecule has 2 aromatic rings. The molecule has 6 heteroatoms. The standard InChI is InChI=1S/C18H25N3O2S/c1-3-19-18(21-11-9-15-5-4-12-24-15)20-10-8-14-6-7-16(22)17(13-14)23-2/h4-7,12-13,22H,3,8-11H2,1-2H3,(H2,19,20,21). The highest BCUT2D eigenvalue weighted by atomic mass is 32.1. The molecule has 5 nitrogen and oxygen atoms in total. The predicted molar refractivity (Wildman–Crippen MR) is 100 cm³/mol. The van der Waals surface area contributed by atoms with E-state index in [1.807, 2.05) is 12.1 Å². The number of nitrogens with one attached hydrogen (secondary N) is 2. The lowest BCUT2D eigenvalue weighted by Gasteiger charge is -2.12. The fraction of sp³-hybridized carbons (Fsp3) is 0.389. The molecule has 0 unspecified atom stereocenters. The van der Waals surface area contributed by atoms with Crippen molar-refractivity contribution in [2.24, 2.45) is 4.99 Å². The van der Waals surface area contributed by atoms with Gasteiger partial charge >= 0.3 is 0 Å². The van der Waals surface area contributed by atoms with Crippen LogP contribution >= 0.6 is 11.3 Å². The first-order valence-corrected chi connectivity index (χ1v) is 9.01. The minimum absolute atomic E-state index is 0.165. The van der Waals surface area contributed by atoms with Crippen LogP contribution in [-0.2, 0) is 12.8 Å². The third-order valence-electron chi connectivity index (χ3n) is 3.50. The van der Waals surface area contributed by atoms with Gasteiger partial charge < -0.3 is 20.5 Å². The van der Waals surface area contributed by atoms with Gasteiger partial charge in [0, 0.05) is 30.9 Å². The van der Waals surface area contributed by atoms with E-state index >= 15 is 0 Å². The molecular weight excluding hydrogens is 322 g/mol. The Hall–Kier alpha value is -2.21. The van der Waals surface area contributed by atoms with Crippen molar-refractivity contribution in [2.75, 3.05) is 26.7 Å². The summed E-state index contributed by atoms with van der Waals surface area (Å²) < 4.78 is 5.13. The Morgan fingerprint density at radius 3 is 2.83 bits per heavy atom. The molecule has 1 aromatic carbocycles. The number of phenolic OH excluding ortho intramolecular Hbond substituents is 1. The number of guanidine groups is 1. The summed E-state index contributed by atoms with van der Waals surface area (Å²) >= 11 is 1.77. The highest BCUT2D eigenvalue weighted by Gasteiger charge is 2.03. The van der Waals surface area contributed by atoms with E-state index in [1.165, 1.54) is 4.88 Å². The molecule has 0 saturated heterocycles. The highest BCUT2D eigenvalue weighted by Crippen LogP contribution is 2.26. The van der Waals surface area contributed by atoms with Gasteiger partial charge in [-0.25, -0.2) is 0 Å². The zero-order valence-electron chi connectivity index (χ0n) is 14.2. The van der Waals surface area contributed by atoms with Crippen LogP contribution < -0.4 is 15.4 Å². The first-order chi connectivity index (χ1) is 11.7. The number of benzene rings is 1. The summed E-state index contributed by atoms with van der Waals surface area (Å²) in [5.74, 6) is 1.50. The average Bonchev–Trinajstić information content (AvgIpc) is 3.09. The fourth-order valence-electron chi connectivity index (χ4n) is 2.28. The van der Waals surface area contributed by atoms with E-state index in [2.05, 4.69) is 40.1 Å². The minimum atomic E-state index is 0.165. The summed E-state index contributed by atoms with van der Waals surface area (Å²) in [6.07, 6.45) is 1.79. The van der Waals surface area contributed by atoms with Crippen molar-refractivity contribution < 1.29 is 9.84 Å². The SMILES string of the molecule is CCNC(=NCCc1cccs1)NCCc1ccc(O)c(OC)c1. The second-order valence-electron chi connectivity index (χ2n) is 5.27. The second kappa shape index (κ2) is 9.82. The van der Waals surface area contributed by atoms with Gasteiger partial charge in [0.05, 0.1) is 7.11 Å². The zero-order valence-corrected chi connectivity index (χ0v) is 15.0. The topological polar surface area (TPSA) is 65.9 Å². The van der Waals surface area contributed by atoms with Crippen LogP contribution in [0.5, 0.6) is 11.5 Å². The van der Waals surface area contributed by atoms with Crippen LogP contribution in [0.2, 0.25) is 0 Å². The normalized spacial score (nSPS) is 11.3. The lowest BCUT2D eigenvalue weighted by molar-refractivity contribution is 0.373. The number of aliphatic imine (C=N–C) groups is 1. The summed E-state index contributed by atoms with van der Waals surface area (Å²) in [5, 5.41) is 18.3. The Kier molecular flexibility index (Phi) is 7.42. The van der Waals surface area contributed by atoms with E-state index in [4.69, 9.17) is 4.74 Å². The van der Waals surface area contributed by atoms with Gasteiger partial charge in [0.1, 0.15) is 0 Å². The summed E-state index contributed by atoms with van der Waals surface area (Å²) in [6, 6.07) is 9.63. The molecule has 0 saturated carbocycles. The molecule has 0 bridgehead atoms. The number of aromatic hydroxyl groups is 1. The van der Waals surface area contributed by atoms with Gasteiger partial charge in [0.25, 0.3) is 0 Å². The maximum absolute atomic E-state index is 9.63. The van der Waals surface area contributed by atoms with Crippen molar-refractivity contribution in [3.63, 3.8) is 0 Å². The Morgan fingerprint density at radius 1 is 1.25 bits per heavy atom. The van der Waals surface area contributed by atoms with Crippen LogP contribution in [0.4, 0.5) is 0 Å². The van der Waals surface area contributed by atoms with E-state index in [-0.39, 0.29) is 5.75 Å². The van der Waals surface area contributed by atoms with Crippen LogP contribution in [0.15, 0.2) is 40.7 Å². The Morgan fingerprint density at radius 2 is 2.12 bits per heavy atom. The van der Waals surface area contributed by atoms with E-state index in [0.29, 0.717) is 5.75 Å². The molecule has 24 heavy (non-hydrogen) atoms. The Bertz CT molecular complexity index is 642. The van der Waals surface area contributed by atoms with Gasteiger partial charge in [-0.15, -0.1) is 11.3 Å². The Balaban J connectivity index is 1.82. The Labute approximate surface area is 147 Å². The second-order valence-corrected chi connectivity index (χ2v) is 6.31. The summed E-state index contributed by atoms with van der Waals surface area (Å²) in [7, 11) is 1.56. The lowest BCUT2D eigenvalue weighted by atomic mass is 10.1. The molecule has 130 valence electrons. The van der Waals surface area contributed by atoms with Crippen molar-refractivity contribution in [3.05, 3.63) is 46.2 Å². The molecule has 0 aliphatic carbocycles. The molecule has 1 aromatic heterocycles. The van der Waals surface area contributed by atoms with E-state index < -0.39 is 0 Å². The van der Waals surface area contributed by atoms with Crippen LogP contribution in [0.25, 0.3) is 0 Å². The van der Waals surface area contributed by atoms with Crippen molar-refractivity contribution in [3.8, 4) is 11.5 Å². The summed E-state index contributed by atoms with van der Waals surface area (Å²) in [6.45, 7) is 4.42. The fourth-order valence-corrected chi connectivity index (χ4v) is 2.98. The molecule has 0 aliphatic rings. The van der Waals surface area contributed by atoms with Crippen LogP contribution in [0.1, 0.15) is 17.4 Å². The van der Waals surface area contributed by atoms with Gasteiger partial charge in [0.15, 0.2) is 17.5 Å².